The zero-order chi connectivity index (χ0) is 12.2. The molecule has 5 heteroatoms. The predicted octanol–water partition coefficient (Wildman–Crippen LogP) is 3.55. The van der Waals surface area contributed by atoms with Crippen LogP contribution in [-0.4, -0.2) is 30.3 Å². The van der Waals surface area contributed by atoms with E-state index in [0.29, 0.717) is 0 Å². The molecule has 3 nitrogen and oxygen atoms in total. The maximum atomic E-state index is 4.85. The Labute approximate surface area is 114 Å². The van der Waals surface area contributed by atoms with Crippen LogP contribution in [0.15, 0.2) is 0 Å². The van der Waals surface area contributed by atoms with E-state index in [2.05, 4.69) is 51.0 Å². The van der Waals surface area contributed by atoms with Gasteiger partial charge in [0.2, 0.25) is 0 Å². The zero-order valence-electron chi connectivity index (χ0n) is 11.1. The van der Waals surface area contributed by atoms with E-state index in [0.717, 1.165) is 30.3 Å². The lowest BCUT2D eigenvalue weighted by atomic mass is 10.7. The third-order valence-corrected chi connectivity index (χ3v) is 0.500. The third kappa shape index (κ3) is 303. The highest BCUT2D eigenvalue weighted by atomic mass is 79.9. The minimum absolute atomic E-state index is 0. The number of hydrogen-bond donors (Lipinski definition) is 3. The molecule has 0 fully saturated rings. The molecule has 0 saturated carbocycles. The Bertz CT molecular complexity index is 42.9. The van der Waals surface area contributed by atoms with Crippen LogP contribution in [-0.2, 0) is 0 Å². The van der Waals surface area contributed by atoms with Crippen LogP contribution in [0.4, 0.5) is 0 Å². The Morgan fingerprint density at radius 2 is 1.00 bits per heavy atom. The molecule has 0 aromatic carbocycles. The van der Waals surface area contributed by atoms with Crippen LogP contribution in [0.1, 0.15) is 34.6 Å². The number of alkyl halides is 2. The normalized spacial score (nSPS) is 6.40. The summed E-state index contributed by atoms with van der Waals surface area (Å²) in [6.07, 6.45) is 0. The molecule has 0 aliphatic carbocycles. The monoisotopic (exact) mass is 351 g/mol. The molecule has 0 aromatic heterocycles. The molecule has 0 heterocycles. The fourth-order valence-corrected chi connectivity index (χ4v) is 0.250. The van der Waals surface area contributed by atoms with Crippen molar-refractivity contribution < 1.29 is 0 Å². The highest BCUT2D eigenvalue weighted by molar-refractivity contribution is 9.09. The molecule has 0 saturated heterocycles. The molecule has 0 aromatic rings. The third-order valence-electron chi connectivity index (χ3n) is 0.500. The van der Waals surface area contributed by atoms with E-state index in [1.165, 1.54) is 0 Å². The molecule has 0 aliphatic heterocycles. The molecule has 6 N–H and O–H groups in total. The summed E-state index contributed by atoms with van der Waals surface area (Å²) < 4.78 is 0. The molecule has 0 amide bonds. The Morgan fingerprint density at radius 3 is 1.00 bits per heavy atom. The van der Waals surface area contributed by atoms with Crippen molar-refractivity contribution in [2.24, 2.45) is 5.73 Å². The molecule has 0 unspecified atom stereocenters. The summed E-state index contributed by atoms with van der Waals surface area (Å²) in [5.74, 6) is 0. The number of rotatable bonds is 2. The van der Waals surface area contributed by atoms with E-state index in [1.54, 1.807) is 0 Å². The smallest absolute Gasteiger partial charge is 0.000281 e. The van der Waals surface area contributed by atoms with Gasteiger partial charge in [-0.3, -0.25) is 0 Å². The summed E-state index contributed by atoms with van der Waals surface area (Å²) in [6.45, 7) is 13.1. The Morgan fingerprint density at radius 1 is 0.867 bits per heavy atom. The first-order valence-corrected chi connectivity index (χ1v) is 7.43. The average Bonchev–Trinajstić information content (AvgIpc) is 2.09. The van der Waals surface area contributed by atoms with Gasteiger partial charge in [-0.1, -0.05) is 66.5 Å². The van der Waals surface area contributed by atoms with Crippen molar-refractivity contribution in [2.75, 3.05) is 30.3 Å². The van der Waals surface area contributed by atoms with Gasteiger partial charge in [0, 0.05) is 10.7 Å². The highest BCUT2D eigenvalue weighted by Crippen LogP contribution is 1.67. The summed E-state index contributed by atoms with van der Waals surface area (Å²) in [5, 5.41) is 5.24. The first-order chi connectivity index (χ1) is 6.66. The summed E-state index contributed by atoms with van der Waals surface area (Å²) in [5.41, 5.74) is 4.85. The average molecular weight is 353 g/mol. The highest BCUT2D eigenvalue weighted by Gasteiger charge is 1.62. The topological polar surface area (TPSA) is 73.0 Å². The van der Waals surface area contributed by atoms with Crippen LogP contribution in [0.2, 0.25) is 0 Å². The van der Waals surface area contributed by atoms with Gasteiger partial charge < -0.3 is 17.2 Å². The molecule has 0 bridgehead atoms. The van der Waals surface area contributed by atoms with Crippen LogP contribution in [0.5, 0.6) is 0 Å². The molecule has 0 rings (SSSR count). The van der Waals surface area contributed by atoms with E-state index in [9.17, 15) is 0 Å². The Kier molecular flexibility index (Phi) is 120. The Hall–Kier alpha value is 0.840. The van der Waals surface area contributed by atoms with Gasteiger partial charge in [-0.2, -0.15) is 0 Å². The lowest BCUT2D eigenvalue weighted by Gasteiger charge is -1.86. The van der Waals surface area contributed by atoms with Gasteiger partial charge in [0.25, 0.3) is 0 Å². The maximum Gasteiger partial charge on any atom is 0.000281 e. The second kappa shape index (κ2) is 60.8. The lowest BCUT2D eigenvalue weighted by molar-refractivity contribution is 0.762. The molecular weight excluding hydrogens is 322 g/mol. The van der Waals surface area contributed by atoms with Crippen molar-refractivity contribution in [1.29, 1.82) is 0 Å². The van der Waals surface area contributed by atoms with E-state index in [1.807, 2.05) is 20.8 Å². The quantitative estimate of drug-likeness (QED) is 0.665. The minimum atomic E-state index is 0. The predicted molar refractivity (Wildman–Crippen MR) is 82.9 cm³/mol. The SMILES string of the molecule is CCBr.CCBr.CCN.CCNCC.N. The van der Waals surface area contributed by atoms with Crippen molar-refractivity contribution in [3.8, 4) is 0 Å². The molecule has 0 radical (unpaired) electrons. The standard InChI is InChI=1S/C4H11N.2C2H5Br.C2H7N.H3N/c1-3-5-4-2;3*1-2-3;/h5H,3-4H2,1-2H3;2*2H2,1H3;2-3H2,1H3;1H3. The van der Waals surface area contributed by atoms with Gasteiger partial charge in [0.15, 0.2) is 0 Å². The fourth-order valence-electron chi connectivity index (χ4n) is 0.250. The van der Waals surface area contributed by atoms with Crippen molar-refractivity contribution in [2.45, 2.75) is 34.6 Å². The first kappa shape index (κ1) is 29.7. The molecule has 100 valence electrons. The molecule has 0 spiro atoms. The summed E-state index contributed by atoms with van der Waals surface area (Å²) >= 11 is 6.29. The number of hydrogen-bond acceptors (Lipinski definition) is 3. The van der Waals surface area contributed by atoms with Crippen molar-refractivity contribution >= 4 is 31.9 Å². The van der Waals surface area contributed by atoms with Gasteiger partial charge in [0.05, 0.1) is 0 Å². The first-order valence-electron chi connectivity index (χ1n) is 5.19. The van der Waals surface area contributed by atoms with E-state index >= 15 is 0 Å². The van der Waals surface area contributed by atoms with E-state index in [4.69, 9.17) is 5.73 Å². The lowest BCUT2D eigenvalue weighted by Crippen LogP contribution is -2.09. The minimum Gasteiger partial charge on any atom is -0.344 e. The van der Waals surface area contributed by atoms with Gasteiger partial charge in [-0.25, -0.2) is 0 Å². The van der Waals surface area contributed by atoms with Gasteiger partial charge >= 0.3 is 0 Å². The van der Waals surface area contributed by atoms with E-state index < -0.39 is 0 Å². The number of nitrogens with two attached hydrogens (primary N) is 1. The fraction of sp³-hybridized carbons (Fsp3) is 1.00. The Balaban J connectivity index is -0.0000000300. The van der Waals surface area contributed by atoms with Gasteiger partial charge in [0.1, 0.15) is 0 Å². The van der Waals surface area contributed by atoms with Crippen LogP contribution in [0.3, 0.4) is 0 Å². The summed E-state index contributed by atoms with van der Waals surface area (Å²) in [6, 6.07) is 0. The van der Waals surface area contributed by atoms with Gasteiger partial charge in [-0.05, 0) is 19.6 Å². The summed E-state index contributed by atoms with van der Waals surface area (Å²) in [7, 11) is 0. The second-order valence-electron chi connectivity index (χ2n) is 1.90. The van der Waals surface area contributed by atoms with Crippen molar-refractivity contribution in [3.05, 3.63) is 0 Å². The van der Waals surface area contributed by atoms with Crippen LogP contribution in [0, 0.1) is 0 Å². The van der Waals surface area contributed by atoms with Crippen molar-refractivity contribution in [1.82, 2.24) is 11.5 Å². The molecule has 0 atom stereocenters. The molecule has 0 aliphatic rings. The second-order valence-corrected chi connectivity index (χ2v) is 4.14. The van der Waals surface area contributed by atoms with Crippen molar-refractivity contribution in [3.63, 3.8) is 0 Å². The number of nitrogens with one attached hydrogen (secondary N) is 1. The van der Waals surface area contributed by atoms with E-state index in [-0.39, 0.29) is 6.15 Å². The van der Waals surface area contributed by atoms with Gasteiger partial charge in [-0.15, -0.1) is 0 Å². The van der Waals surface area contributed by atoms with Crippen LogP contribution >= 0.6 is 31.9 Å². The molecule has 15 heavy (non-hydrogen) atoms. The largest absolute Gasteiger partial charge is 0.344 e. The summed E-state index contributed by atoms with van der Waals surface area (Å²) in [4.78, 5) is 0. The maximum absolute atomic E-state index is 4.85. The zero-order valence-corrected chi connectivity index (χ0v) is 14.2. The number of halogens is 2. The van der Waals surface area contributed by atoms with Crippen LogP contribution in [0.25, 0.3) is 0 Å². The molecular formula is C10H31Br2N3. The van der Waals surface area contributed by atoms with Crippen LogP contribution < -0.4 is 17.2 Å².